The Labute approximate surface area is 201 Å². The van der Waals surface area contributed by atoms with Crippen LogP contribution in [0.1, 0.15) is 54.9 Å². The highest BCUT2D eigenvalue weighted by Crippen LogP contribution is 2.19. The molecule has 34 heavy (non-hydrogen) atoms. The van der Waals surface area contributed by atoms with E-state index in [4.69, 9.17) is 9.47 Å². The number of ether oxygens (including phenoxy) is 2. The molecular formula is C25H36N4O5. The van der Waals surface area contributed by atoms with Crippen molar-refractivity contribution in [3.63, 3.8) is 0 Å². The summed E-state index contributed by atoms with van der Waals surface area (Å²) in [6.07, 6.45) is 8.19. The molecule has 0 aliphatic carbocycles. The van der Waals surface area contributed by atoms with Gasteiger partial charge in [0.1, 0.15) is 0 Å². The Morgan fingerprint density at radius 3 is 2.82 bits per heavy atom. The van der Waals surface area contributed by atoms with Gasteiger partial charge < -0.3 is 20.1 Å². The fourth-order valence-corrected chi connectivity index (χ4v) is 3.53. The van der Waals surface area contributed by atoms with Crippen LogP contribution < -0.4 is 10.6 Å². The smallest absolute Gasteiger partial charge is 0.337 e. The summed E-state index contributed by atoms with van der Waals surface area (Å²) in [7, 11) is 1.55. The fourth-order valence-electron chi connectivity index (χ4n) is 3.53. The van der Waals surface area contributed by atoms with E-state index in [1.807, 2.05) is 11.6 Å². The first-order valence-corrected chi connectivity index (χ1v) is 11.8. The summed E-state index contributed by atoms with van der Waals surface area (Å²) >= 11 is 0. The molecule has 0 unspecified atom stereocenters. The van der Waals surface area contributed by atoms with Gasteiger partial charge >= 0.3 is 5.97 Å². The molecule has 186 valence electrons. The van der Waals surface area contributed by atoms with Crippen LogP contribution in [0.15, 0.2) is 36.0 Å². The van der Waals surface area contributed by atoms with E-state index in [0.29, 0.717) is 56.7 Å². The summed E-state index contributed by atoms with van der Waals surface area (Å²) in [6, 6.07) is 0. The number of rotatable bonds is 9. The van der Waals surface area contributed by atoms with Crippen molar-refractivity contribution in [3.8, 4) is 0 Å². The number of carbonyl (C=O) groups is 3. The lowest BCUT2D eigenvalue weighted by atomic mass is 10.1. The number of aryl methyl sites for hydroxylation is 2. The van der Waals surface area contributed by atoms with Gasteiger partial charge in [-0.15, -0.1) is 0 Å². The van der Waals surface area contributed by atoms with Gasteiger partial charge in [0.05, 0.1) is 29.1 Å². The molecule has 2 N–H and O–H groups in total. The number of likely N-dealkylation sites (N-methyl/N-ethyl adjacent to an activating group) is 1. The SMILES string of the molecule is C=C(/C=C\C=C(/C)C(=O)NC)C(=O)OCCCn1nc(CC)c2c1CCCOCCCNC2=O. The van der Waals surface area contributed by atoms with Crippen molar-refractivity contribution in [1.82, 2.24) is 20.4 Å². The van der Waals surface area contributed by atoms with Crippen LogP contribution in [-0.4, -0.2) is 61.0 Å². The van der Waals surface area contributed by atoms with Gasteiger partial charge in [-0.2, -0.15) is 5.10 Å². The maximum atomic E-state index is 12.8. The number of nitrogens with zero attached hydrogens (tertiary/aromatic N) is 2. The second-order valence-electron chi connectivity index (χ2n) is 7.97. The van der Waals surface area contributed by atoms with Crippen molar-refractivity contribution in [2.75, 3.05) is 33.4 Å². The molecule has 1 aromatic rings. The minimum atomic E-state index is -0.521. The van der Waals surface area contributed by atoms with E-state index in [0.717, 1.165) is 24.2 Å². The molecular weight excluding hydrogens is 436 g/mol. The Bertz CT molecular complexity index is 945. The maximum Gasteiger partial charge on any atom is 0.337 e. The predicted molar refractivity (Wildman–Crippen MR) is 129 cm³/mol. The summed E-state index contributed by atoms with van der Waals surface area (Å²) in [6.45, 7) is 9.95. The van der Waals surface area contributed by atoms with Crippen molar-refractivity contribution in [2.45, 2.75) is 52.5 Å². The van der Waals surface area contributed by atoms with Crippen LogP contribution in [0.5, 0.6) is 0 Å². The number of amides is 2. The van der Waals surface area contributed by atoms with Crippen LogP contribution in [0.4, 0.5) is 0 Å². The molecule has 0 radical (unpaired) electrons. The largest absolute Gasteiger partial charge is 0.462 e. The third-order valence-corrected chi connectivity index (χ3v) is 5.38. The molecule has 1 aliphatic heterocycles. The van der Waals surface area contributed by atoms with Crippen molar-refractivity contribution < 1.29 is 23.9 Å². The van der Waals surface area contributed by atoms with Gasteiger partial charge in [-0.05, 0) is 38.7 Å². The molecule has 0 bridgehead atoms. The quantitative estimate of drug-likeness (QED) is 0.247. The van der Waals surface area contributed by atoms with Crippen molar-refractivity contribution >= 4 is 17.8 Å². The minimum absolute atomic E-state index is 0.0878. The Kier molecular flexibility index (Phi) is 11.3. The molecule has 2 heterocycles. The number of nitrogens with one attached hydrogen (secondary N) is 2. The highest BCUT2D eigenvalue weighted by molar-refractivity contribution is 5.96. The van der Waals surface area contributed by atoms with Crippen LogP contribution in [0.3, 0.4) is 0 Å². The highest BCUT2D eigenvalue weighted by atomic mass is 16.5. The van der Waals surface area contributed by atoms with Crippen LogP contribution in [0.2, 0.25) is 0 Å². The lowest BCUT2D eigenvalue weighted by molar-refractivity contribution is -0.138. The fraction of sp³-hybridized carbons (Fsp3) is 0.520. The first kappa shape index (κ1) is 27.0. The van der Waals surface area contributed by atoms with E-state index in [2.05, 4.69) is 22.3 Å². The van der Waals surface area contributed by atoms with Gasteiger partial charge in [0.25, 0.3) is 5.91 Å². The van der Waals surface area contributed by atoms with Gasteiger partial charge in [0, 0.05) is 45.3 Å². The third-order valence-electron chi connectivity index (χ3n) is 5.38. The standard InChI is InChI=1S/C25H36N4O5/c1-5-20-22-21(12-7-15-33-16-8-13-27-24(22)31)29(28-20)14-9-17-34-25(32)19(3)11-6-10-18(2)23(30)26-4/h6,10-11H,3,5,7-9,12-17H2,1-2,4H3,(H,26,30)(H,27,31)/b11-6-,18-10+. The van der Waals surface area contributed by atoms with Crippen molar-refractivity contribution in [1.29, 1.82) is 0 Å². The lowest BCUT2D eigenvalue weighted by Gasteiger charge is -2.10. The van der Waals surface area contributed by atoms with E-state index in [-0.39, 0.29) is 24.0 Å². The topological polar surface area (TPSA) is 112 Å². The number of hydrogen-bond donors (Lipinski definition) is 2. The van der Waals surface area contributed by atoms with Gasteiger partial charge in [0.15, 0.2) is 0 Å². The number of fused-ring (bicyclic) bond motifs is 1. The summed E-state index contributed by atoms with van der Waals surface area (Å²) in [4.78, 5) is 36.4. The lowest BCUT2D eigenvalue weighted by Crippen LogP contribution is -2.26. The van der Waals surface area contributed by atoms with E-state index < -0.39 is 5.97 Å². The zero-order valence-corrected chi connectivity index (χ0v) is 20.4. The Balaban J connectivity index is 1.95. The number of aromatic nitrogens is 2. The molecule has 0 fully saturated rings. The normalized spacial score (nSPS) is 15.3. The van der Waals surface area contributed by atoms with Crippen molar-refractivity contribution in [2.24, 2.45) is 0 Å². The zero-order valence-electron chi connectivity index (χ0n) is 20.4. The van der Waals surface area contributed by atoms with Gasteiger partial charge in [-0.1, -0.05) is 25.7 Å². The van der Waals surface area contributed by atoms with Crippen LogP contribution >= 0.6 is 0 Å². The molecule has 2 rings (SSSR count). The molecule has 1 aliphatic rings. The van der Waals surface area contributed by atoms with Crippen LogP contribution in [0, 0.1) is 0 Å². The van der Waals surface area contributed by atoms with E-state index >= 15 is 0 Å². The van der Waals surface area contributed by atoms with Gasteiger partial charge in [-0.3, -0.25) is 14.3 Å². The van der Waals surface area contributed by atoms with E-state index in [1.165, 1.54) is 6.08 Å². The third kappa shape index (κ3) is 7.98. The molecule has 0 saturated heterocycles. The minimum Gasteiger partial charge on any atom is -0.462 e. The number of esters is 1. The second-order valence-corrected chi connectivity index (χ2v) is 7.97. The van der Waals surface area contributed by atoms with Gasteiger partial charge in [0.2, 0.25) is 5.91 Å². The highest BCUT2D eigenvalue weighted by Gasteiger charge is 2.22. The monoisotopic (exact) mass is 472 g/mol. The van der Waals surface area contributed by atoms with Crippen LogP contribution in [-0.2, 0) is 38.4 Å². The molecule has 9 heteroatoms. The summed E-state index contributed by atoms with van der Waals surface area (Å²) in [5, 5.41) is 10.2. The van der Waals surface area contributed by atoms with E-state index in [9.17, 15) is 14.4 Å². The maximum absolute atomic E-state index is 12.8. The number of allylic oxidation sites excluding steroid dienone is 2. The summed E-state index contributed by atoms with van der Waals surface area (Å²) in [5.41, 5.74) is 3.06. The first-order valence-electron chi connectivity index (χ1n) is 11.8. The molecule has 2 amide bonds. The summed E-state index contributed by atoms with van der Waals surface area (Å²) in [5.74, 6) is -0.800. The van der Waals surface area contributed by atoms with E-state index in [1.54, 1.807) is 26.1 Å². The molecule has 0 spiro atoms. The van der Waals surface area contributed by atoms with Crippen LogP contribution in [0.25, 0.3) is 0 Å². The Morgan fingerprint density at radius 2 is 2.09 bits per heavy atom. The average molecular weight is 473 g/mol. The van der Waals surface area contributed by atoms with Crippen molar-refractivity contribution in [3.05, 3.63) is 52.9 Å². The molecule has 0 saturated carbocycles. The molecule has 9 nitrogen and oxygen atoms in total. The predicted octanol–water partition coefficient (Wildman–Crippen LogP) is 2.27. The molecule has 0 atom stereocenters. The average Bonchev–Trinajstić information content (AvgIpc) is 3.17. The molecule has 1 aromatic heterocycles. The number of carbonyl (C=O) groups excluding carboxylic acids is 3. The summed E-state index contributed by atoms with van der Waals surface area (Å²) < 4.78 is 12.8. The second kappa shape index (κ2) is 14.1. The van der Waals surface area contributed by atoms with Gasteiger partial charge in [-0.25, -0.2) is 4.79 Å². The zero-order chi connectivity index (χ0) is 24.9. The first-order chi connectivity index (χ1) is 16.4. The Morgan fingerprint density at radius 1 is 1.32 bits per heavy atom. The molecule has 0 aromatic carbocycles. The Hall–Kier alpha value is -3.20. The number of hydrogen-bond acceptors (Lipinski definition) is 6.